The minimum absolute atomic E-state index is 0.0696. The first-order chi connectivity index (χ1) is 10.5. The highest BCUT2D eigenvalue weighted by Crippen LogP contribution is 2.01. The highest BCUT2D eigenvalue weighted by molar-refractivity contribution is 5.81. The fourth-order valence-corrected chi connectivity index (χ4v) is 2.00. The van der Waals surface area contributed by atoms with Crippen LogP contribution in [0.15, 0.2) is 30.5 Å². The first-order valence-electron chi connectivity index (χ1n) is 7.03. The summed E-state index contributed by atoms with van der Waals surface area (Å²) in [5.74, 6) is -0.579. The summed E-state index contributed by atoms with van der Waals surface area (Å²) in [4.78, 5) is 27.6. The molecule has 0 aliphatic carbocycles. The number of aryl methyl sites for hydroxylation is 3. The van der Waals surface area contributed by atoms with Gasteiger partial charge >= 0.3 is 0 Å². The van der Waals surface area contributed by atoms with Gasteiger partial charge in [0.15, 0.2) is 0 Å². The number of carbonyl (C=O) groups excluding carboxylic acids is 2. The van der Waals surface area contributed by atoms with Gasteiger partial charge in [-0.05, 0) is 38.5 Å². The molecule has 0 spiro atoms. The minimum Gasteiger partial charge on any atom is -0.273 e. The summed E-state index contributed by atoms with van der Waals surface area (Å²) in [5.41, 5.74) is 7.36. The van der Waals surface area contributed by atoms with Gasteiger partial charge < -0.3 is 0 Å². The van der Waals surface area contributed by atoms with E-state index in [4.69, 9.17) is 0 Å². The van der Waals surface area contributed by atoms with Crippen molar-refractivity contribution in [3.63, 3.8) is 0 Å². The number of carbonyl (C=O) groups is 2. The Morgan fingerprint density at radius 3 is 2.59 bits per heavy atom. The van der Waals surface area contributed by atoms with E-state index in [0.29, 0.717) is 6.42 Å². The summed E-state index contributed by atoms with van der Waals surface area (Å²) < 4.78 is 1.59. The second-order valence-electron chi connectivity index (χ2n) is 5.00. The summed E-state index contributed by atoms with van der Waals surface area (Å²) in [6.07, 6.45) is 2.47. The van der Waals surface area contributed by atoms with E-state index in [-0.39, 0.29) is 24.8 Å². The van der Waals surface area contributed by atoms with Crippen LogP contribution in [0.1, 0.15) is 23.5 Å². The molecule has 22 heavy (non-hydrogen) atoms. The molecule has 0 bridgehead atoms. The van der Waals surface area contributed by atoms with Gasteiger partial charge in [-0.1, -0.05) is 6.07 Å². The normalized spacial score (nSPS) is 10.3. The van der Waals surface area contributed by atoms with Crippen LogP contribution < -0.4 is 10.9 Å². The summed E-state index contributed by atoms with van der Waals surface area (Å²) in [6, 6.07) is 7.44. The molecule has 2 aromatic rings. The maximum absolute atomic E-state index is 11.8. The largest absolute Gasteiger partial charge is 0.273 e. The molecule has 0 aromatic carbocycles. The molecule has 0 radical (unpaired) electrons. The standard InChI is InChI=1S/C15H19N5O2/c1-11-9-12(2)20(19-11)10-15(22)18-17-14(21)7-6-13-5-3-4-8-16-13/h3-5,8-9H,6-7,10H2,1-2H3,(H,17,21)(H,18,22). The molecule has 0 aliphatic heterocycles. The van der Waals surface area contributed by atoms with Crippen molar-refractivity contribution in [2.24, 2.45) is 0 Å². The van der Waals surface area contributed by atoms with E-state index in [0.717, 1.165) is 17.1 Å². The molecule has 2 rings (SSSR count). The summed E-state index contributed by atoms with van der Waals surface area (Å²) in [6.45, 7) is 3.81. The Morgan fingerprint density at radius 1 is 1.18 bits per heavy atom. The zero-order valence-corrected chi connectivity index (χ0v) is 12.7. The Balaban J connectivity index is 1.72. The number of aromatic nitrogens is 3. The molecule has 0 fully saturated rings. The van der Waals surface area contributed by atoms with Gasteiger partial charge in [-0.15, -0.1) is 0 Å². The van der Waals surface area contributed by atoms with Crippen molar-refractivity contribution in [3.8, 4) is 0 Å². The second-order valence-corrected chi connectivity index (χ2v) is 5.00. The minimum atomic E-state index is -0.322. The number of nitrogens with zero attached hydrogens (tertiary/aromatic N) is 3. The van der Waals surface area contributed by atoms with Gasteiger partial charge in [0, 0.05) is 24.0 Å². The fourth-order valence-electron chi connectivity index (χ4n) is 2.00. The average Bonchev–Trinajstić information content (AvgIpc) is 2.82. The first-order valence-corrected chi connectivity index (χ1v) is 7.03. The molecule has 2 aromatic heterocycles. The molecule has 0 saturated carbocycles. The van der Waals surface area contributed by atoms with Crippen molar-refractivity contribution < 1.29 is 9.59 Å². The monoisotopic (exact) mass is 301 g/mol. The van der Waals surface area contributed by atoms with Gasteiger partial charge in [0.2, 0.25) is 5.91 Å². The van der Waals surface area contributed by atoms with E-state index < -0.39 is 0 Å². The molecule has 7 heteroatoms. The molecule has 0 atom stereocenters. The van der Waals surface area contributed by atoms with E-state index >= 15 is 0 Å². The Morgan fingerprint density at radius 2 is 1.95 bits per heavy atom. The van der Waals surface area contributed by atoms with E-state index in [9.17, 15) is 9.59 Å². The SMILES string of the molecule is Cc1cc(C)n(CC(=O)NNC(=O)CCc2ccccn2)n1. The summed E-state index contributed by atoms with van der Waals surface area (Å²) in [5, 5.41) is 4.19. The number of hydrogen-bond acceptors (Lipinski definition) is 4. The number of amides is 2. The van der Waals surface area contributed by atoms with Crippen LogP contribution in [0.5, 0.6) is 0 Å². The number of pyridine rings is 1. The molecule has 2 N–H and O–H groups in total. The molecule has 0 saturated heterocycles. The number of nitrogens with one attached hydrogen (secondary N) is 2. The van der Waals surface area contributed by atoms with Gasteiger partial charge in [0.25, 0.3) is 5.91 Å². The lowest BCUT2D eigenvalue weighted by atomic mass is 10.2. The van der Waals surface area contributed by atoms with Crippen molar-refractivity contribution in [1.29, 1.82) is 0 Å². The third kappa shape index (κ3) is 4.69. The molecule has 0 unspecified atom stereocenters. The van der Waals surface area contributed by atoms with Crippen molar-refractivity contribution in [2.45, 2.75) is 33.2 Å². The van der Waals surface area contributed by atoms with Gasteiger partial charge in [0.1, 0.15) is 6.54 Å². The molecular weight excluding hydrogens is 282 g/mol. The number of hydrogen-bond donors (Lipinski definition) is 2. The van der Waals surface area contributed by atoms with Crippen LogP contribution in [-0.2, 0) is 22.6 Å². The molecule has 0 aliphatic rings. The predicted octanol–water partition coefficient (Wildman–Crippen LogP) is 0.675. The summed E-state index contributed by atoms with van der Waals surface area (Å²) in [7, 11) is 0. The maximum atomic E-state index is 11.8. The lowest BCUT2D eigenvalue weighted by molar-refractivity contribution is -0.129. The summed E-state index contributed by atoms with van der Waals surface area (Å²) >= 11 is 0. The fraction of sp³-hybridized carbons (Fsp3) is 0.333. The van der Waals surface area contributed by atoms with E-state index in [1.54, 1.807) is 10.9 Å². The highest BCUT2D eigenvalue weighted by Gasteiger charge is 2.08. The van der Waals surface area contributed by atoms with Crippen LogP contribution in [0.25, 0.3) is 0 Å². The van der Waals surface area contributed by atoms with Crippen LogP contribution in [0.3, 0.4) is 0 Å². The van der Waals surface area contributed by atoms with Crippen molar-refractivity contribution in [3.05, 3.63) is 47.5 Å². The Kier molecular flexibility index (Phi) is 5.24. The zero-order chi connectivity index (χ0) is 15.9. The Hall–Kier alpha value is -2.70. The van der Waals surface area contributed by atoms with E-state index in [1.807, 2.05) is 38.1 Å². The lowest BCUT2D eigenvalue weighted by Crippen LogP contribution is -2.43. The zero-order valence-electron chi connectivity index (χ0n) is 12.7. The molecule has 2 heterocycles. The third-order valence-corrected chi connectivity index (χ3v) is 3.07. The van der Waals surface area contributed by atoms with E-state index in [1.165, 1.54) is 0 Å². The Labute approximate surface area is 128 Å². The van der Waals surface area contributed by atoms with Gasteiger partial charge in [-0.25, -0.2) is 0 Å². The van der Waals surface area contributed by atoms with Gasteiger partial charge in [-0.2, -0.15) is 5.10 Å². The first kappa shape index (κ1) is 15.7. The van der Waals surface area contributed by atoms with Crippen LogP contribution in [0, 0.1) is 13.8 Å². The quantitative estimate of drug-likeness (QED) is 0.795. The van der Waals surface area contributed by atoms with Crippen LogP contribution in [0.4, 0.5) is 0 Å². The smallest absolute Gasteiger partial charge is 0.260 e. The molecule has 2 amide bonds. The van der Waals surface area contributed by atoms with Crippen LogP contribution >= 0.6 is 0 Å². The average molecular weight is 301 g/mol. The van der Waals surface area contributed by atoms with Crippen molar-refractivity contribution in [1.82, 2.24) is 25.6 Å². The van der Waals surface area contributed by atoms with Crippen LogP contribution in [-0.4, -0.2) is 26.6 Å². The second kappa shape index (κ2) is 7.35. The molecule has 116 valence electrons. The topological polar surface area (TPSA) is 88.9 Å². The lowest BCUT2D eigenvalue weighted by Gasteiger charge is -2.08. The van der Waals surface area contributed by atoms with Crippen molar-refractivity contribution in [2.75, 3.05) is 0 Å². The van der Waals surface area contributed by atoms with Gasteiger partial charge in [0.05, 0.1) is 5.69 Å². The molecular formula is C15H19N5O2. The highest BCUT2D eigenvalue weighted by atomic mass is 16.2. The maximum Gasteiger partial charge on any atom is 0.260 e. The molecule has 7 nitrogen and oxygen atoms in total. The van der Waals surface area contributed by atoms with Crippen LogP contribution in [0.2, 0.25) is 0 Å². The Bertz CT molecular complexity index is 651. The third-order valence-electron chi connectivity index (χ3n) is 3.07. The van der Waals surface area contributed by atoms with E-state index in [2.05, 4.69) is 20.9 Å². The van der Waals surface area contributed by atoms with Crippen molar-refractivity contribution >= 4 is 11.8 Å². The van der Waals surface area contributed by atoms with Gasteiger partial charge in [-0.3, -0.25) is 30.1 Å². The number of rotatable bonds is 5. The number of hydrazine groups is 1. The predicted molar refractivity (Wildman–Crippen MR) is 80.5 cm³/mol.